The van der Waals surface area contributed by atoms with Crippen LogP contribution in [0.5, 0.6) is 0 Å². The van der Waals surface area contributed by atoms with Gasteiger partial charge in [0, 0.05) is 19.5 Å². The third-order valence-corrected chi connectivity index (χ3v) is 6.42. The van der Waals surface area contributed by atoms with E-state index in [0.717, 1.165) is 16.4 Å². The second-order valence-electron chi connectivity index (χ2n) is 6.66. The molecule has 12 heteroatoms. The standard InChI is InChI=1S/C19H21F2N3O6S/c20-13-4-5-15(21)16(11-13)31(27,28)24-8-2-10-30-17(24)12-23-19(26)18(25)22-7-6-14-3-1-9-29-14/h1,3-5,9,11,17H,2,6-8,10,12H2,(H,22,25)(H,23,26)/t17-/m1/s1. The molecule has 0 aliphatic carbocycles. The predicted octanol–water partition coefficient (Wildman–Crippen LogP) is 0.770. The quantitative estimate of drug-likeness (QED) is 0.593. The molecule has 2 amide bonds. The van der Waals surface area contributed by atoms with Crippen LogP contribution in [0.25, 0.3) is 0 Å². The fourth-order valence-electron chi connectivity index (χ4n) is 3.00. The van der Waals surface area contributed by atoms with E-state index in [0.29, 0.717) is 24.7 Å². The summed E-state index contributed by atoms with van der Waals surface area (Å²) >= 11 is 0. The van der Waals surface area contributed by atoms with Crippen molar-refractivity contribution in [2.45, 2.75) is 24.0 Å². The molecule has 1 saturated heterocycles. The zero-order valence-corrected chi connectivity index (χ0v) is 17.2. The second kappa shape index (κ2) is 9.98. The third-order valence-electron chi connectivity index (χ3n) is 4.51. The van der Waals surface area contributed by atoms with E-state index in [1.807, 2.05) is 0 Å². The lowest BCUT2D eigenvalue weighted by Gasteiger charge is -2.34. The molecule has 0 unspecified atom stereocenters. The molecule has 1 aliphatic heterocycles. The van der Waals surface area contributed by atoms with Crippen LogP contribution < -0.4 is 10.6 Å². The zero-order valence-electron chi connectivity index (χ0n) is 16.3. The summed E-state index contributed by atoms with van der Waals surface area (Å²) < 4.78 is 64.6. The van der Waals surface area contributed by atoms with Crippen LogP contribution in [-0.4, -0.2) is 57.0 Å². The number of nitrogens with one attached hydrogen (secondary N) is 2. The molecule has 0 radical (unpaired) electrons. The second-order valence-corrected chi connectivity index (χ2v) is 8.52. The summed E-state index contributed by atoms with van der Waals surface area (Å²) in [4.78, 5) is 23.1. The predicted molar refractivity (Wildman–Crippen MR) is 103 cm³/mol. The Labute approximate surface area is 177 Å². The highest BCUT2D eigenvalue weighted by atomic mass is 32.2. The zero-order chi connectivity index (χ0) is 22.4. The van der Waals surface area contributed by atoms with Crippen LogP contribution in [0.1, 0.15) is 12.2 Å². The number of amides is 2. The van der Waals surface area contributed by atoms with Crippen molar-refractivity contribution in [3.05, 3.63) is 54.0 Å². The molecular weight excluding hydrogens is 436 g/mol. The number of hydrogen-bond donors (Lipinski definition) is 2. The minimum absolute atomic E-state index is 0.0197. The first-order chi connectivity index (χ1) is 14.8. The molecule has 2 aromatic rings. The minimum Gasteiger partial charge on any atom is -0.469 e. The maximum atomic E-state index is 14.0. The Bertz CT molecular complexity index is 1030. The Balaban J connectivity index is 1.59. The van der Waals surface area contributed by atoms with Gasteiger partial charge in [0.1, 0.15) is 28.5 Å². The summed E-state index contributed by atoms with van der Waals surface area (Å²) in [6, 6.07) is 5.54. The molecule has 3 rings (SSSR count). The normalized spacial score (nSPS) is 17.3. The fourth-order valence-corrected chi connectivity index (χ4v) is 4.64. The first-order valence-electron chi connectivity index (χ1n) is 9.46. The van der Waals surface area contributed by atoms with Gasteiger partial charge in [-0.25, -0.2) is 17.2 Å². The molecule has 0 bridgehead atoms. The highest BCUT2D eigenvalue weighted by Gasteiger charge is 2.36. The van der Waals surface area contributed by atoms with Crippen LogP contribution in [0.3, 0.4) is 0 Å². The maximum Gasteiger partial charge on any atom is 0.309 e. The van der Waals surface area contributed by atoms with E-state index >= 15 is 0 Å². The van der Waals surface area contributed by atoms with E-state index in [1.54, 1.807) is 12.1 Å². The van der Waals surface area contributed by atoms with Crippen molar-refractivity contribution in [3.63, 3.8) is 0 Å². The van der Waals surface area contributed by atoms with Gasteiger partial charge in [-0.1, -0.05) is 0 Å². The van der Waals surface area contributed by atoms with Gasteiger partial charge < -0.3 is 19.8 Å². The van der Waals surface area contributed by atoms with Gasteiger partial charge in [-0.3, -0.25) is 9.59 Å². The van der Waals surface area contributed by atoms with Crippen molar-refractivity contribution in [2.75, 3.05) is 26.2 Å². The van der Waals surface area contributed by atoms with E-state index in [2.05, 4.69) is 10.6 Å². The van der Waals surface area contributed by atoms with Crippen molar-refractivity contribution in [1.29, 1.82) is 0 Å². The number of halogens is 2. The van der Waals surface area contributed by atoms with Gasteiger partial charge in [0.25, 0.3) is 0 Å². The van der Waals surface area contributed by atoms with Gasteiger partial charge >= 0.3 is 11.8 Å². The number of sulfonamides is 1. The van der Waals surface area contributed by atoms with Gasteiger partial charge in [0.2, 0.25) is 10.0 Å². The molecule has 168 valence electrons. The van der Waals surface area contributed by atoms with Crippen LogP contribution >= 0.6 is 0 Å². The molecule has 1 fully saturated rings. The maximum absolute atomic E-state index is 14.0. The Morgan fingerprint density at radius 3 is 2.68 bits per heavy atom. The lowest BCUT2D eigenvalue weighted by Crippen LogP contribution is -2.53. The molecule has 1 atom stereocenters. The molecule has 2 N–H and O–H groups in total. The van der Waals surface area contributed by atoms with Gasteiger partial charge in [-0.15, -0.1) is 0 Å². The van der Waals surface area contributed by atoms with E-state index < -0.39 is 44.6 Å². The van der Waals surface area contributed by atoms with Crippen molar-refractivity contribution in [2.24, 2.45) is 0 Å². The minimum atomic E-state index is -4.44. The van der Waals surface area contributed by atoms with Gasteiger partial charge in [0.05, 0.1) is 19.4 Å². The average Bonchev–Trinajstić information content (AvgIpc) is 3.27. The highest BCUT2D eigenvalue weighted by molar-refractivity contribution is 7.89. The number of ether oxygens (including phenoxy) is 1. The van der Waals surface area contributed by atoms with Crippen molar-refractivity contribution >= 4 is 21.8 Å². The molecule has 1 aliphatic rings. The number of furan rings is 1. The Morgan fingerprint density at radius 2 is 1.94 bits per heavy atom. The first-order valence-corrected chi connectivity index (χ1v) is 10.9. The SMILES string of the molecule is O=C(NCCc1ccco1)C(=O)NC[C@H]1OCCCN1S(=O)(=O)c1cc(F)ccc1F. The summed E-state index contributed by atoms with van der Waals surface area (Å²) in [6.07, 6.45) is 1.03. The molecular formula is C19H21F2N3O6S. The lowest BCUT2D eigenvalue weighted by atomic mass is 10.3. The number of hydrogen-bond acceptors (Lipinski definition) is 6. The van der Waals surface area contributed by atoms with Gasteiger partial charge in [-0.05, 0) is 36.8 Å². The lowest BCUT2D eigenvalue weighted by molar-refractivity contribution is -0.140. The monoisotopic (exact) mass is 457 g/mol. The van der Waals surface area contributed by atoms with Crippen LogP contribution in [-0.2, 0) is 30.8 Å². The molecule has 1 aromatic carbocycles. The topological polar surface area (TPSA) is 118 Å². The molecule has 2 heterocycles. The molecule has 1 aromatic heterocycles. The largest absolute Gasteiger partial charge is 0.469 e. The number of rotatable bonds is 7. The summed E-state index contributed by atoms with van der Waals surface area (Å²) in [6.45, 7) is 0.00134. The van der Waals surface area contributed by atoms with E-state index in [-0.39, 0.29) is 26.2 Å². The van der Waals surface area contributed by atoms with Gasteiger partial charge in [0.15, 0.2) is 0 Å². The molecule has 0 spiro atoms. The Kier molecular flexibility index (Phi) is 7.36. The summed E-state index contributed by atoms with van der Waals surface area (Å²) in [5.41, 5.74) is 0. The molecule has 0 saturated carbocycles. The van der Waals surface area contributed by atoms with E-state index in [4.69, 9.17) is 9.15 Å². The highest BCUT2D eigenvalue weighted by Crippen LogP contribution is 2.24. The summed E-state index contributed by atoms with van der Waals surface area (Å²) in [5, 5.41) is 4.72. The molecule has 9 nitrogen and oxygen atoms in total. The molecule has 31 heavy (non-hydrogen) atoms. The van der Waals surface area contributed by atoms with Crippen LogP contribution in [0, 0.1) is 11.6 Å². The fraction of sp³-hybridized carbons (Fsp3) is 0.368. The van der Waals surface area contributed by atoms with Crippen LogP contribution in [0.2, 0.25) is 0 Å². The average molecular weight is 457 g/mol. The van der Waals surface area contributed by atoms with Crippen molar-refractivity contribution in [3.8, 4) is 0 Å². The van der Waals surface area contributed by atoms with Crippen LogP contribution in [0.4, 0.5) is 8.78 Å². The van der Waals surface area contributed by atoms with Crippen LogP contribution in [0.15, 0.2) is 45.9 Å². The van der Waals surface area contributed by atoms with E-state index in [9.17, 15) is 26.8 Å². The summed E-state index contributed by atoms with van der Waals surface area (Å²) in [7, 11) is -4.44. The number of benzene rings is 1. The third kappa shape index (κ3) is 5.66. The number of carbonyl (C=O) groups excluding carboxylic acids is 2. The number of carbonyl (C=O) groups is 2. The first kappa shape index (κ1) is 22.8. The van der Waals surface area contributed by atoms with Crippen molar-refractivity contribution in [1.82, 2.24) is 14.9 Å². The smallest absolute Gasteiger partial charge is 0.309 e. The Hall–Kier alpha value is -2.83. The van der Waals surface area contributed by atoms with Crippen molar-refractivity contribution < 1.29 is 35.9 Å². The van der Waals surface area contributed by atoms with Gasteiger partial charge in [-0.2, -0.15) is 4.31 Å². The van der Waals surface area contributed by atoms with E-state index in [1.165, 1.54) is 6.26 Å². The Morgan fingerprint density at radius 1 is 1.16 bits per heavy atom. The number of nitrogens with zero attached hydrogens (tertiary/aromatic N) is 1. The summed E-state index contributed by atoms with van der Waals surface area (Å²) in [5.74, 6) is -3.27.